The zero-order valence-corrected chi connectivity index (χ0v) is 13.4. The summed E-state index contributed by atoms with van der Waals surface area (Å²) < 4.78 is 5.20. The molecule has 6 nitrogen and oxygen atoms in total. The van der Waals surface area contributed by atoms with Crippen LogP contribution in [0.1, 0.15) is 49.2 Å². The van der Waals surface area contributed by atoms with E-state index in [1.165, 1.54) is 12.8 Å². The Labute approximate surface area is 139 Å². The van der Waals surface area contributed by atoms with E-state index >= 15 is 0 Å². The highest BCUT2D eigenvalue weighted by Crippen LogP contribution is 2.26. The maximum atomic E-state index is 12.4. The number of benzene rings is 1. The number of hydrogen-bond donors (Lipinski definition) is 2. The van der Waals surface area contributed by atoms with Gasteiger partial charge in [0.05, 0.1) is 0 Å². The van der Waals surface area contributed by atoms with Crippen LogP contribution in [0.3, 0.4) is 0 Å². The van der Waals surface area contributed by atoms with E-state index in [0.29, 0.717) is 5.82 Å². The number of nitrogens with one attached hydrogen (secondary N) is 2. The highest BCUT2D eigenvalue weighted by atomic mass is 16.5. The second kappa shape index (κ2) is 6.47. The zero-order valence-electron chi connectivity index (χ0n) is 13.4. The molecule has 0 saturated heterocycles. The molecule has 0 radical (unpaired) electrons. The van der Waals surface area contributed by atoms with Gasteiger partial charge in [0.2, 0.25) is 5.82 Å². The summed E-state index contributed by atoms with van der Waals surface area (Å²) in [6.45, 7) is 0. The highest BCUT2D eigenvalue weighted by Gasteiger charge is 2.21. The first-order chi connectivity index (χ1) is 11.8. The Kier molecular flexibility index (Phi) is 4.02. The van der Waals surface area contributed by atoms with E-state index in [9.17, 15) is 4.79 Å². The summed E-state index contributed by atoms with van der Waals surface area (Å²) in [6.07, 6.45) is 8.74. The lowest BCUT2D eigenvalue weighted by Gasteiger charge is -2.14. The molecule has 1 aliphatic rings. The third-order valence-corrected chi connectivity index (χ3v) is 4.65. The molecule has 24 heavy (non-hydrogen) atoms. The number of H-pyrrole nitrogens is 1. The van der Waals surface area contributed by atoms with Crippen molar-refractivity contribution in [1.29, 1.82) is 0 Å². The number of aromatic nitrogens is 3. The molecule has 0 bridgehead atoms. The molecule has 0 unspecified atom stereocenters. The molecule has 2 aromatic heterocycles. The number of rotatable bonds is 3. The van der Waals surface area contributed by atoms with Crippen molar-refractivity contribution in [1.82, 2.24) is 20.4 Å². The van der Waals surface area contributed by atoms with Gasteiger partial charge < -0.3 is 14.8 Å². The highest BCUT2D eigenvalue weighted by molar-refractivity contribution is 5.94. The van der Waals surface area contributed by atoms with Crippen LogP contribution < -0.4 is 5.32 Å². The standard InChI is InChI=1S/C18H20N4O2/c23-17(20-12-6-3-1-2-4-7-12)18-21-16(22-24-18)14-8-5-9-15-13(14)10-11-19-15/h5,8-12,19H,1-4,6-7H2,(H,20,23). The summed E-state index contributed by atoms with van der Waals surface area (Å²) in [4.78, 5) is 19.8. The quantitative estimate of drug-likeness (QED) is 0.720. The molecule has 1 amide bonds. The van der Waals surface area contributed by atoms with Crippen LogP contribution >= 0.6 is 0 Å². The largest absolute Gasteiger partial charge is 0.361 e. The summed E-state index contributed by atoms with van der Waals surface area (Å²) in [5.41, 5.74) is 1.85. The summed E-state index contributed by atoms with van der Waals surface area (Å²) >= 11 is 0. The van der Waals surface area contributed by atoms with E-state index in [-0.39, 0.29) is 17.8 Å². The van der Waals surface area contributed by atoms with Crippen LogP contribution in [0.25, 0.3) is 22.3 Å². The van der Waals surface area contributed by atoms with E-state index in [4.69, 9.17) is 4.52 Å². The lowest BCUT2D eigenvalue weighted by Crippen LogP contribution is -2.34. The average Bonchev–Trinajstić information content (AvgIpc) is 3.20. The van der Waals surface area contributed by atoms with Crippen molar-refractivity contribution in [2.45, 2.75) is 44.6 Å². The second-order valence-corrected chi connectivity index (χ2v) is 6.33. The Morgan fingerprint density at radius 2 is 2.00 bits per heavy atom. The number of aromatic amines is 1. The minimum absolute atomic E-state index is 0.0294. The predicted octanol–water partition coefficient (Wildman–Crippen LogP) is 3.67. The lowest BCUT2D eigenvalue weighted by molar-refractivity contribution is 0.0889. The molecule has 1 saturated carbocycles. The van der Waals surface area contributed by atoms with Crippen molar-refractivity contribution >= 4 is 16.8 Å². The molecule has 1 fully saturated rings. The number of carbonyl (C=O) groups excluding carboxylic acids is 1. The summed E-state index contributed by atoms with van der Waals surface area (Å²) in [6, 6.07) is 8.01. The zero-order chi connectivity index (χ0) is 16.4. The molecular formula is C18H20N4O2. The average molecular weight is 324 g/mol. The fourth-order valence-corrected chi connectivity index (χ4v) is 3.38. The van der Waals surface area contributed by atoms with Crippen LogP contribution in [0.4, 0.5) is 0 Å². The summed E-state index contributed by atoms with van der Waals surface area (Å²) in [5, 5.41) is 8.03. The van der Waals surface area contributed by atoms with Crippen LogP contribution in [0.15, 0.2) is 35.0 Å². The minimum Gasteiger partial charge on any atom is -0.361 e. The maximum absolute atomic E-state index is 12.4. The fraction of sp³-hybridized carbons (Fsp3) is 0.389. The molecular weight excluding hydrogens is 304 g/mol. The first-order valence-electron chi connectivity index (χ1n) is 8.52. The van der Waals surface area contributed by atoms with Gasteiger partial charge in [-0.1, -0.05) is 43.0 Å². The van der Waals surface area contributed by atoms with E-state index in [1.54, 1.807) is 0 Å². The molecule has 2 N–H and O–H groups in total. The van der Waals surface area contributed by atoms with Crippen LogP contribution in [-0.2, 0) is 0 Å². The Morgan fingerprint density at radius 3 is 2.83 bits per heavy atom. The van der Waals surface area contributed by atoms with Gasteiger partial charge in [-0.15, -0.1) is 0 Å². The molecule has 2 heterocycles. The van der Waals surface area contributed by atoms with Crippen molar-refractivity contribution < 1.29 is 9.32 Å². The van der Waals surface area contributed by atoms with Gasteiger partial charge in [-0.3, -0.25) is 4.79 Å². The van der Waals surface area contributed by atoms with Gasteiger partial charge >= 0.3 is 11.8 Å². The normalized spacial score (nSPS) is 16.2. The molecule has 1 aliphatic carbocycles. The Balaban J connectivity index is 1.54. The first-order valence-corrected chi connectivity index (χ1v) is 8.52. The predicted molar refractivity (Wildman–Crippen MR) is 90.5 cm³/mol. The Hall–Kier alpha value is -2.63. The molecule has 0 atom stereocenters. The maximum Gasteiger partial charge on any atom is 0.316 e. The monoisotopic (exact) mass is 324 g/mol. The molecule has 1 aromatic carbocycles. The van der Waals surface area contributed by atoms with E-state index < -0.39 is 0 Å². The number of carbonyl (C=O) groups is 1. The van der Waals surface area contributed by atoms with Crippen LogP contribution in [-0.4, -0.2) is 27.1 Å². The fourth-order valence-electron chi connectivity index (χ4n) is 3.38. The second-order valence-electron chi connectivity index (χ2n) is 6.33. The molecule has 0 aliphatic heterocycles. The van der Waals surface area contributed by atoms with Gasteiger partial charge in [-0.05, 0) is 25.0 Å². The molecule has 6 heteroatoms. The van der Waals surface area contributed by atoms with E-state index in [0.717, 1.165) is 42.1 Å². The van der Waals surface area contributed by atoms with Crippen molar-refractivity contribution in [3.63, 3.8) is 0 Å². The number of fused-ring (bicyclic) bond motifs is 1. The first kappa shape index (κ1) is 14.9. The van der Waals surface area contributed by atoms with Gasteiger partial charge in [-0.25, -0.2) is 0 Å². The van der Waals surface area contributed by atoms with Crippen molar-refractivity contribution in [3.05, 3.63) is 36.4 Å². The van der Waals surface area contributed by atoms with Crippen molar-refractivity contribution in [2.75, 3.05) is 0 Å². The van der Waals surface area contributed by atoms with Gasteiger partial charge in [0.25, 0.3) is 0 Å². The number of nitrogens with zero attached hydrogens (tertiary/aromatic N) is 2. The van der Waals surface area contributed by atoms with Crippen LogP contribution in [0.5, 0.6) is 0 Å². The Bertz CT molecular complexity index is 843. The van der Waals surface area contributed by atoms with Crippen LogP contribution in [0, 0.1) is 0 Å². The summed E-state index contributed by atoms with van der Waals surface area (Å²) in [7, 11) is 0. The molecule has 4 rings (SSSR count). The van der Waals surface area contributed by atoms with Gasteiger partial charge in [0.1, 0.15) is 0 Å². The molecule has 124 valence electrons. The van der Waals surface area contributed by atoms with Crippen molar-refractivity contribution in [3.8, 4) is 11.4 Å². The van der Waals surface area contributed by atoms with Gasteiger partial charge in [0, 0.05) is 28.7 Å². The van der Waals surface area contributed by atoms with E-state index in [1.807, 2.05) is 30.5 Å². The van der Waals surface area contributed by atoms with Crippen LogP contribution in [0.2, 0.25) is 0 Å². The smallest absolute Gasteiger partial charge is 0.316 e. The number of amides is 1. The van der Waals surface area contributed by atoms with E-state index in [2.05, 4.69) is 20.4 Å². The summed E-state index contributed by atoms with van der Waals surface area (Å²) in [5.74, 6) is 0.190. The minimum atomic E-state index is -0.276. The lowest BCUT2D eigenvalue weighted by atomic mass is 10.1. The van der Waals surface area contributed by atoms with Crippen molar-refractivity contribution in [2.24, 2.45) is 0 Å². The molecule has 0 spiro atoms. The molecule has 3 aromatic rings. The SMILES string of the molecule is O=C(NC1CCCCCC1)c1nc(-c2cccc3[nH]ccc23)no1. The van der Waals surface area contributed by atoms with Gasteiger partial charge in [0.15, 0.2) is 0 Å². The Morgan fingerprint density at radius 1 is 1.17 bits per heavy atom. The number of hydrogen-bond acceptors (Lipinski definition) is 4. The van der Waals surface area contributed by atoms with Gasteiger partial charge in [-0.2, -0.15) is 4.98 Å². The topological polar surface area (TPSA) is 83.8 Å². The third-order valence-electron chi connectivity index (χ3n) is 4.65. The third kappa shape index (κ3) is 2.91.